The number of nitrogens with zero attached hydrogens (tertiary/aromatic N) is 3. The molecule has 3 aromatic heterocycles. The van der Waals surface area contributed by atoms with Crippen LogP contribution in [0.3, 0.4) is 0 Å². The fourth-order valence-electron chi connectivity index (χ4n) is 3.46. The lowest BCUT2D eigenvalue weighted by molar-refractivity contribution is 0.225. The summed E-state index contributed by atoms with van der Waals surface area (Å²) in [5.74, 6) is 0. The first kappa shape index (κ1) is 25.2. The average Bonchev–Trinajstić information content (AvgIpc) is 2.78. The van der Waals surface area contributed by atoms with Crippen LogP contribution in [0.2, 0.25) is 0 Å². The maximum atomic E-state index is 6.02. The predicted octanol–water partition coefficient (Wildman–Crippen LogP) is 5.57. The van der Waals surface area contributed by atoms with E-state index in [4.69, 9.17) is 13.8 Å². The van der Waals surface area contributed by atoms with E-state index in [-0.39, 0.29) is 10.8 Å². The van der Waals surface area contributed by atoms with Gasteiger partial charge >= 0.3 is 9.28 Å². The molecule has 0 unspecified atom stereocenters. The Morgan fingerprint density at radius 2 is 1.09 bits per heavy atom. The Hall–Kier alpha value is -2.41. The first-order valence-electron chi connectivity index (χ1n) is 11.6. The van der Waals surface area contributed by atoms with Gasteiger partial charge in [-0.2, -0.15) is 0 Å². The molecule has 0 saturated heterocycles. The van der Waals surface area contributed by atoms with E-state index >= 15 is 0 Å². The first-order chi connectivity index (χ1) is 15.5. The Morgan fingerprint density at radius 3 is 1.45 bits per heavy atom. The molecule has 0 saturated carbocycles. The quantitative estimate of drug-likeness (QED) is 0.430. The van der Waals surface area contributed by atoms with Crippen LogP contribution in [0, 0.1) is 0 Å². The first-order valence-corrected chi connectivity index (χ1v) is 12.9. The number of hydrogen-bond donors (Lipinski definition) is 0. The van der Waals surface area contributed by atoms with Crippen LogP contribution in [0.15, 0.2) is 48.8 Å². The topological polar surface area (TPSA) is 57.1 Å². The van der Waals surface area contributed by atoms with E-state index < -0.39 is 9.28 Å². The number of pyridine rings is 3. The average molecular weight is 463 g/mol. The van der Waals surface area contributed by atoms with Crippen molar-refractivity contribution in [1.29, 1.82) is 0 Å². The van der Waals surface area contributed by atoms with E-state index in [0.717, 1.165) is 28.0 Å². The van der Waals surface area contributed by atoms with Gasteiger partial charge in [-0.25, -0.2) is 4.98 Å². The molecule has 0 spiro atoms. The number of rotatable bonds is 7. The summed E-state index contributed by atoms with van der Waals surface area (Å²) in [5.41, 5.74) is 5.76. The highest BCUT2D eigenvalue weighted by atomic mass is 28.3. The van der Waals surface area contributed by atoms with E-state index in [9.17, 15) is 0 Å². The summed E-state index contributed by atoms with van der Waals surface area (Å²) in [6, 6.07) is 12.5. The minimum absolute atomic E-state index is 0.0202. The van der Waals surface area contributed by atoms with Gasteiger partial charge in [0.2, 0.25) is 0 Å². The molecule has 0 aliphatic rings. The molecular weight excluding hydrogens is 426 g/mol. The van der Waals surface area contributed by atoms with E-state index in [1.54, 1.807) is 0 Å². The van der Waals surface area contributed by atoms with Crippen molar-refractivity contribution in [3.63, 3.8) is 0 Å². The van der Waals surface area contributed by atoms with Crippen molar-refractivity contribution in [2.45, 2.75) is 66.2 Å². The van der Waals surface area contributed by atoms with Crippen LogP contribution in [0.1, 0.15) is 66.5 Å². The Balaban J connectivity index is 2.20. The summed E-state index contributed by atoms with van der Waals surface area (Å²) >= 11 is 0. The highest BCUT2D eigenvalue weighted by Gasteiger charge is 2.23. The molecule has 0 aliphatic carbocycles. The second kappa shape index (κ2) is 10.2. The second-order valence-corrected chi connectivity index (χ2v) is 11.9. The van der Waals surface area contributed by atoms with Gasteiger partial charge < -0.3 is 8.85 Å². The molecule has 5 nitrogen and oxygen atoms in total. The molecule has 0 atom stereocenters. The van der Waals surface area contributed by atoms with Gasteiger partial charge in [-0.15, -0.1) is 0 Å². The molecule has 1 radical (unpaired) electrons. The lowest BCUT2D eigenvalue weighted by Gasteiger charge is -2.20. The third-order valence-corrected chi connectivity index (χ3v) is 7.25. The minimum atomic E-state index is -1.65. The molecule has 0 amide bonds. The van der Waals surface area contributed by atoms with Gasteiger partial charge in [-0.05, 0) is 72.2 Å². The van der Waals surface area contributed by atoms with Crippen LogP contribution in [0.5, 0.6) is 0 Å². The third-order valence-electron chi connectivity index (χ3n) is 5.39. The fourth-order valence-corrected chi connectivity index (χ4v) is 4.91. The van der Waals surface area contributed by atoms with Crippen molar-refractivity contribution in [3.8, 4) is 22.8 Å². The fraction of sp³-hybridized carbons (Fsp3) is 0.444. The highest BCUT2D eigenvalue weighted by Crippen LogP contribution is 2.28. The SMILES string of the molecule is CCO[Si](OCC)c1cc(-c2cc(C(C)(C)C)ccn2)nc(-c2cc(C(C)(C)C)ccn2)c1. The van der Waals surface area contributed by atoms with E-state index in [1.807, 2.05) is 26.2 Å². The van der Waals surface area contributed by atoms with Gasteiger partial charge in [0.25, 0.3) is 0 Å². The Morgan fingerprint density at radius 1 is 0.667 bits per heavy atom. The van der Waals surface area contributed by atoms with E-state index in [1.165, 1.54) is 11.1 Å². The van der Waals surface area contributed by atoms with Crippen molar-refractivity contribution >= 4 is 14.5 Å². The molecule has 3 aromatic rings. The smallest absolute Gasteiger partial charge is 0.390 e. The maximum Gasteiger partial charge on any atom is 0.423 e. The van der Waals surface area contributed by atoms with Crippen LogP contribution in [-0.2, 0) is 19.7 Å². The van der Waals surface area contributed by atoms with E-state index in [2.05, 4.69) is 87.9 Å². The Kier molecular flexibility index (Phi) is 7.83. The highest BCUT2D eigenvalue weighted by molar-refractivity contribution is 6.61. The molecule has 0 fully saturated rings. The molecule has 0 aromatic carbocycles. The van der Waals surface area contributed by atoms with Crippen LogP contribution in [0.4, 0.5) is 0 Å². The molecule has 3 heterocycles. The second-order valence-electron chi connectivity index (χ2n) is 10.1. The molecular formula is C27H36N3O2Si. The molecule has 6 heteroatoms. The maximum absolute atomic E-state index is 6.02. The summed E-state index contributed by atoms with van der Waals surface area (Å²) in [6.45, 7) is 18.4. The van der Waals surface area contributed by atoms with Crippen molar-refractivity contribution in [1.82, 2.24) is 15.0 Å². The number of hydrogen-bond acceptors (Lipinski definition) is 5. The molecule has 33 heavy (non-hydrogen) atoms. The summed E-state index contributed by atoms with van der Waals surface area (Å²) in [4.78, 5) is 14.3. The van der Waals surface area contributed by atoms with Crippen molar-refractivity contribution in [2.75, 3.05) is 13.2 Å². The largest absolute Gasteiger partial charge is 0.423 e. The van der Waals surface area contributed by atoms with Crippen LogP contribution in [0.25, 0.3) is 22.8 Å². The Labute approximate surface area is 200 Å². The van der Waals surface area contributed by atoms with E-state index in [0.29, 0.717) is 13.2 Å². The normalized spacial score (nSPS) is 12.4. The molecule has 3 rings (SSSR count). The monoisotopic (exact) mass is 462 g/mol. The van der Waals surface area contributed by atoms with Gasteiger partial charge in [0, 0.05) is 30.8 Å². The van der Waals surface area contributed by atoms with Gasteiger partial charge in [0.15, 0.2) is 0 Å². The third kappa shape index (κ3) is 6.34. The van der Waals surface area contributed by atoms with Crippen molar-refractivity contribution in [2.24, 2.45) is 0 Å². The Bertz CT molecular complexity index is 1010. The molecule has 175 valence electrons. The summed E-state index contributed by atoms with van der Waals surface area (Å²) in [5, 5.41) is 1.01. The number of aromatic nitrogens is 3. The zero-order chi connectivity index (χ0) is 24.2. The van der Waals surface area contributed by atoms with Crippen molar-refractivity contribution in [3.05, 3.63) is 59.9 Å². The lowest BCUT2D eigenvalue weighted by atomic mass is 9.87. The lowest BCUT2D eigenvalue weighted by Crippen LogP contribution is -2.37. The van der Waals surface area contributed by atoms with Gasteiger partial charge in [-0.3, -0.25) is 9.97 Å². The van der Waals surface area contributed by atoms with Gasteiger partial charge in [0.1, 0.15) is 0 Å². The van der Waals surface area contributed by atoms with Gasteiger partial charge in [-0.1, -0.05) is 41.5 Å². The standard InChI is InChI=1S/C27H36N3O2Si/c1-9-31-33(32-10-2)21-17-24(22-15-19(11-13-28-22)26(3,4)5)30-25(18-21)23-16-20(12-14-29-23)27(6,7)8/h11-18H,9-10H2,1-8H3. The van der Waals surface area contributed by atoms with Crippen LogP contribution < -0.4 is 5.19 Å². The predicted molar refractivity (Wildman–Crippen MR) is 137 cm³/mol. The zero-order valence-corrected chi connectivity index (χ0v) is 22.2. The summed E-state index contributed by atoms with van der Waals surface area (Å²) in [7, 11) is -1.65. The molecule has 0 N–H and O–H groups in total. The molecule has 0 bridgehead atoms. The minimum Gasteiger partial charge on any atom is -0.390 e. The molecule has 0 aliphatic heterocycles. The zero-order valence-electron chi connectivity index (χ0n) is 21.2. The van der Waals surface area contributed by atoms with Gasteiger partial charge in [0.05, 0.1) is 22.8 Å². The van der Waals surface area contributed by atoms with Crippen molar-refractivity contribution < 1.29 is 8.85 Å². The van der Waals surface area contributed by atoms with Crippen LogP contribution in [-0.4, -0.2) is 37.4 Å². The summed E-state index contributed by atoms with van der Waals surface area (Å²) < 4.78 is 12.0. The van der Waals surface area contributed by atoms with Crippen LogP contribution >= 0.6 is 0 Å². The summed E-state index contributed by atoms with van der Waals surface area (Å²) in [6.07, 6.45) is 3.72.